The molecule has 0 aliphatic carbocycles. The first-order chi connectivity index (χ1) is 9.95. The second-order valence-corrected chi connectivity index (χ2v) is 7.50. The summed E-state index contributed by atoms with van der Waals surface area (Å²) >= 11 is 0. The van der Waals surface area contributed by atoms with Gasteiger partial charge >= 0.3 is 0 Å². The van der Waals surface area contributed by atoms with Crippen LogP contribution in [0.1, 0.15) is 24.3 Å². The number of sulfonamides is 1. The number of nitrogens with zero attached hydrogens (tertiary/aromatic N) is 1. The predicted octanol–water partition coefficient (Wildman–Crippen LogP) is 0.840. The number of ether oxygens (including phenoxy) is 1. The first-order valence-electron chi connectivity index (χ1n) is 7.04. The van der Waals surface area contributed by atoms with Crippen molar-refractivity contribution >= 4 is 22.4 Å². The van der Waals surface area contributed by atoms with E-state index >= 15 is 0 Å². The zero-order valence-electron chi connectivity index (χ0n) is 12.9. The number of aromatic nitrogens is 1. The molecule has 0 amide bonds. The van der Waals surface area contributed by atoms with Crippen molar-refractivity contribution in [1.29, 1.82) is 0 Å². The van der Waals surface area contributed by atoms with E-state index in [1.54, 1.807) is 20.1 Å². The van der Waals surface area contributed by atoms with Crippen molar-refractivity contribution in [3.63, 3.8) is 0 Å². The maximum Gasteiger partial charge on any atom is 0.219 e. The largest absolute Gasteiger partial charge is 0.384 e. The van der Waals surface area contributed by atoms with Gasteiger partial charge in [0.05, 0.1) is 12.3 Å². The molecule has 2 N–H and O–H groups in total. The van der Waals surface area contributed by atoms with Gasteiger partial charge in [-0.05, 0) is 32.9 Å². The first-order valence-corrected chi connectivity index (χ1v) is 8.69. The van der Waals surface area contributed by atoms with Crippen LogP contribution in [0.5, 0.6) is 0 Å². The van der Waals surface area contributed by atoms with Gasteiger partial charge in [-0.1, -0.05) is 5.16 Å². The highest BCUT2D eigenvalue weighted by atomic mass is 35.5. The summed E-state index contributed by atoms with van der Waals surface area (Å²) in [4.78, 5) is 0. The number of hydrogen-bond acceptors (Lipinski definition) is 6. The predicted molar refractivity (Wildman–Crippen MR) is 85.5 cm³/mol. The van der Waals surface area contributed by atoms with Gasteiger partial charge in [0.25, 0.3) is 0 Å². The van der Waals surface area contributed by atoms with Crippen LogP contribution < -0.4 is 10.0 Å². The molecule has 1 aromatic heterocycles. The Bertz CT molecular complexity index is 550. The molecule has 0 spiro atoms. The monoisotopic (exact) mass is 353 g/mol. The van der Waals surface area contributed by atoms with Crippen LogP contribution in [0.2, 0.25) is 0 Å². The molecule has 1 aliphatic heterocycles. The Hall–Kier alpha value is -0.670. The van der Waals surface area contributed by atoms with Gasteiger partial charge in [0, 0.05) is 25.1 Å². The highest BCUT2D eigenvalue weighted by molar-refractivity contribution is 7.88. The summed E-state index contributed by atoms with van der Waals surface area (Å²) in [6.07, 6.45) is 1.79. The quantitative estimate of drug-likeness (QED) is 0.754. The van der Waals surface area contributed by atoms with Crippen LogP contribution in [0.25, 0.3) is 0 Å². The topological polar surface area (TPSA) is 93.5 Å². The van der Waals surface area contributed by atoms with E-state index in [1.807, 2.05) is 0 Å². The summed E-state index contributed by atoms with van der Waals surface area (Å²) in [5.74, 6) is 0.168. The lowest BCUT2D eigenvalue weighted by Crippen LogP contribution is -2.47. The number of rotatable bonds is 7. The lowest BCUT2D eigenvalue weighted by molar-refractivity contribution is 0.0577. The van der Waals surface area contributed by atoms with Crippen molar-refractivity contribution < 1.29 is 17.7 Å². The van der Waals surface area contributed by atoms with Crippen LogP contribution in [-0.2, 0) is 20.5 Å². The molecule has 7 nitrogen and oxygen atoms in total. The lowest BCUT2D eigenvalue weighted by Gasteiger charge is -2.37. The number of halogens is 1. The maximum absolute atomic E-state index is 12.1. The summed E-state index contributed by atoms with van der Waals surface area (Å²) in [5, 5.41) is 6.98. The zero-order chi connectivity index (χ0) is 15.3. The molecule has 1 aliphatic rings. The summed E-state index contributed by atoms with van der Waals surface area (Å²) in [6.45, 7) is 4.46. The summed E-state index contributed by atoms with van der Waals surface area (Å²) in [7, 11) is -1.79. The third-order valence-corrected chi connectivity index (χ3v) is 5.04. The van der Waals surface area contributed by atoms with Crippen molar-refractivity contribution in [1.82, 2.24) is 15.2 Å². The molecule has 0 atom stereocenters. The van der Waals surface area contributed by atoms with Crippen LogP contribution >= 0.6 is 12.4 Å². The molecule has 1 saturated heterocycles. The first kappa shape index (κ1) is 19.4. The lowest BCUT2D eigenvalue weighted by atomic mass is 9.80. The Morgan fingerprint density at radius 3 is 2.68 bits per heavy atom. The number of aryl methyl sites for hydroxylation is 1. The molecule has 22 heavy (non-hydrogen) atoms. The fraction of sp³-hybridized carbons (Fsp3) is 0.769. The molecule has 2 rings (SSSR count). The van der Waals surface area contributed by atoms with E-state index in [0.717, 1.165) is 25.9 Å². The van der Waals surface area contributed by atoms with E-state index < -0.39 is 10.0 Å². The number of methoxy groups -OCH3 is 1. The van der Waals surface area contributed by atoms with Gasteiger partial charge in [-0.3, -0.25) is 0 Å². The van der Waals surface area contributed by atoms with E-state index in [0.29, 0.717) is 24.6 Å². The summed E-state index contributed by atoms with van der Waals surface area (Å²) in [5.41, 5.74) is 0.541. The van der Waals surface area contributed by atoms with Gasteiger partial charge in [0.1, 0.15) is 5.75 Å². The summed E-state index contributed by atoms with van der Waals surface area (Å²) in [6, 6.07) is 1.63. The molecule has 128 valence electrons. The molecule has 0 saturated carbocycles. The molecule has 0 bridgehead atoms. The van der Waals surface area contributed by atoms with Gasteiger partial charge < -0.3 is 14.6 Å². The average Bonchev–Trinajstić information content (AvgIpc) is 2.83. The zero-order valence-corrected chi connectivity index (χ0v) is 14.6. The number of nitrogens with one attached hydrogen (secondary N) is 2. The standard InChI is InChI=1S/C13H23N3O4S.ClH/c1-11-7-12(20-16-11)8-21(17,18)15-9-13(10-19-2)3-5-14-6-4-13;/h7,14-15H,3-6,8-10H2,1-2H3;1H. The van der Waals surface area contributed by atoms with Crippen molar-refractivity contribution in [3.8, 4) is 0 Å². The molecule has 9 heteroatoms. The van der Waals surface area contributed by atoms with Crippen LogP contribution in [0, 0.1) is 12.3 Å². The van der Waals surface area contributed by atoms with Gasteiger partial charge in [-0.25, -0.2) is 13.1 Å². The van der Waals surface area contributed by atoms with E-state index in [9.17, 15) is 8.42 Å². The second kappa shape index (κ2) is 8.26. The van der Waals surface area contributed by atoms with E-state index in [-0.39, 0.29) is 23.6 Å². The van der Waals surface area contributed by atoms with Crippen LogP contribution in [0.4, 0.5) is 0 Å². The van der Waals surface area contributed by atoms with Crippen molar-refractivity contribution in [3.05, 3.63) is 17.5 Å². The molecular formula is C13H24ClN3O4S. The van der Waals surface area contributed by atoms with E-state index in [4.69, 9.17) is 9.26 Å². The highest BCUT2D eigenvalue weighted by Gasteiger charge is 2.33. The molecule has 0 radical (unpaired) electrons. The number of hydrogen-bond donors (Lipinski definition) is 2. The minimum Gasteiger partial charge on any atom is -0.384 e. The van der Waals surface area contributed by atoms with Gasteiger partial charge in [-0.15, -0.1) is 12.4 Å². The van der Waals surface area contributed by atoms with Gasteiger partial charge in [0.15, 0.2) is 5.76 Å². The SMILES string of the molecule is COCC1(CNS(=O)(=O)Cc2cc(C)no2)CCNCC1.Cl. The van der Waals surface area contributed by atoms with Crippen molar-refractivity contribution in [2.24, 2.45) is 5.41 Å². The Morgan fingerprint density at radius 1 is 1.45 bits per heavy atom. The molecule has 2 heterocycles. The summed E-state index contributed by atoms with van der Waals surface area (Å²) < 4.78 is 37.2. The van der Waals surface area contributed by atoms with Crippen LogP contribution in [0.3, 0.4) is 0 Å². The Labute approximate surface area is 137 Å². The van der Waals surface area contributed by atoms with Crippen molar-refractivity contribution in [2.75, 3.05) is 33.4 Å². The maximum atomic E-state index is 12.1. The highest BCUT2D eigenvalue weighted by Crippen LogP contribution is 2.28. The molecule has 0 aromatic carbocycles. The Morgan fingerprint density at radius 2 is 2.14 bits per heavy atom. The Kier molecular flexibility index (Phi) is 7.27. The fourth-order valence-corrected chi connectivity index (χ4v) is 3.76. The van der Waals surface area contributed by atoms with Crippen molar-refractivity contribution in [2.45, 2.75) is 25.5 Å². The fourth-order valence-electron chi connectivity index (χ4n) is 2.62. The normalized spacial score (nSPS) is 17.9. The van der Waals surface area contributed by atoms with Crippen LogP contribution in [0.15, 0.2) is 10.6 Å². The molecule has 0 unspecified atom stereocenters. The molecule has 1 fully saturated rings. The van der Waals surface area contributed by atoms with Gasteiger partial charge in [0.2, 0.25) is 10.0 Å². The Balaban J connectivity index is 0.00000242. The molecule has 1 aromatic rings. The van der Waals surface area contributed by atoms with E-state index in [1.165, 1.54) is 0 Å². The smallest absolute Gasteiger partial charge is 0.219 e. The van der Waals surface area contributed by atoms with E-state index in [2.05, 4.69) is 15.2 Å². The third-order valence-electron chi connectivity index (χ3n) is 3.79. The minimum absolute atomic E-state index is 0. The van der Waals surface area contributed by atoms with Gasteiger partial charge in [-0.2, -0.15) is 0 Å². The average molecular weight is 354 g/mol. The second-order valence-electron chi connectivity index (χ2n) is 5.70. The van der Waals surface area contributed by atoms with Crippen LogP contribution in [-0.4, -0.2) is 46.9 Å². The minimum atomic E-state index is -3.44. The molecular weight excluding hydrogens is 330 g/mol. The number of piperidine rings is 1. The third kappa shape index (κ3) is 5.51.